The van der Waals surface area contributed by atoms with Crippen LogP contribution >= 0.6 is 0 Å². The molecule has 0 aromatic heterocycles. The molecule has 4 heteroatoms. The second-order valence-corrected chi connectivity index (χ2v) is 3.11. The Morgan fingerprint density at radius 2 is 2.36 bits per heavy atom. The van der Waals surface area contributed by atoms with Crippen LogP contribution in [0.5, 0.6) is 0 Å². The third kappa shape index (κ3) is 3.60. The average molecular weight is 198 g/mol. The van der Waals surface area contributed by atoms with Crippen molar-refractivity contribution in [2.45, 2.75) is 38.9 Å². The molecule has 0 radical (unpaired) electrons. The van der Waals surface area contributed by atoms with Gasteiger partial charge in [-0.1, -0.05) is 19.8 Å². The first kappa shape index (κ1) is 10.8. The quantitative estimate of drug-likeness (QED) is 0.496. The van der Waals surface area contributed by atoms with Gasteiger partial charge in [-0.15, -0.1) is 0 Å². The van der Waals surface area contributed by atoms with Gasteiger partial charge in [0.15, 0.2) is 0 Å². The van der Waals surface area contributed by atoms with Gasteiger partial charge < -0.3 is 9.47 Å². The average Bonchev–Trinajstić information content (AvgIpc) is 2.52. The van der Waals surface area contributed by atoms with E-state index in [9.17, 15) is 9.59 Å². The second kappa shape index (κ2) is 5.42. The van der Waals surface area contributed by atoms with E-state index in [0.717, 1.165) is 19.3 Å². The largest absolute Gasteiger partial charge is 0.421 e. The highest BCUT2D eigenvalue weighted by molar-refractivity contribution is 5.84. The third-order valence-corrected chi connectivity index (χ3v) is 1.85. The van der Waals surface area contributed by atoms with Crippen molar-refractivity contribution < 1.29 is 19.1 Å². The predicted molar refractivity (Wildman–Crippen MR) is 49.3 cm³/mol. The van der Waals surface area contributed by atoms with Gasteiger partial charge in [-0.3, -0.25) is 4.79 Å². The summed E-state index contributed by atoms with van der Waals surface area (Å²) in [4.78, 5) is 21.7. The van der Waals surface area contributed by atoms with Crippen molar-refractivity contribution in [3.63, 3.8) is 0 Å². The molecule has 1 atom stereocenters. The highest BCUT2D eigenvalue weighted by Crippen LogP contribution is 2.09. The van der Waals surface area contributed by atoms with Crippen molar-refractivity contribution in [2.75, 3.05) is 0 Å². The van der Waals surface area contributed by atoms with E-state index >= 15 is 0 Å². The maximum absolute atomic E-state index is 11.1. The van der Waals surface area contributed by atoms with E-state index in [-0.39, 0.29) is 5.97 Å². The summed E-state index contributed by atoms with van der Waals surface area (Å²) in [6.07, 6.45) is 5.15. The zero-order valence-corrected chi connectivity index (χ0v) is 8.19. The minimum atomic E-state index is -0.809. The molecule has 0 amide bonds. The van der Waals surface area contributed by atoms with Crippen LogP contribution in [0.2, 0.25) is 0 Å². The van der Waals surface area contributed by atoms with Crippen molar-refractivity contribution in [1.29, 1.82) is 0 Å². The van der Waals surface area contributed by atoms with E-state index in [4.69, 9.17) is 4.74 Å². The van der Waals surface area contributed by atoms with Crippen LogP contribution in [0.4, 0.5) is 0 Å². The van der Waals surface area contributed by atoms with Gasteiger partial charge in [-0.05, 0) is 6.42 Å². The van der Waals surface area contributed by atoms with Crippen LogP contribution in [0.15, 0.2) is 12.2 Å². The number of rotatable bonds is 5. The van der Waals surface area contributed by atoms with Crippen molar-refractivity contribution >= 4 is 11.9 Å². The number of ether oxygens (including phenoxy) is 2. The van der Waals surface area contributed by atoms with Crippen LogP contribution < -0.4 is 0 Å². The molecule has 1 aliphatic heterocycles. The Hall–Kier alpha value is -1.32. The Bertz CT molecular complexity index is 245. The monoisotopic (exact) mass is 198 g/mol. The van der Waals surface area contributed by atoms with E-state index in [2.05, 4.69) is 11.7 Å². The molecule has 14 heavy (non-hydrogen) atoms. The first-order valence-corrected chi connectivity index (χ1v) is 4.80. The number of unbranched alkanes of at least 4 members (excludes halogenated alkanes) is 2. The van der Waals surface area contributed by atoms with Crippen LogP contribution in [0.3, 0.4) is 0 Å². The van der Waals surface area contributed by atoms with E-state index in [1.807, 2.05) is 0 Å². The first-order chi connectivity index (χ1) is 6.72. The van der Waals surface area contributed by atoms with Crippen LogP contribution in [0.25, 0.3) is 0 Å². The Morgan fingerprint density at radius 3 is 2.93 bits per heavy atom. The molecule has 78 valence electrons. The van der Waals surface area contributed by atoms with Crippen molar-refractivity contribution in [2.24, 2.45) is 0 Å². The molecule has 0 N–H and O–H groups in total. The fraction of sp³-hybridized carbons (Fsp3) is 0.600. The molecule has 0 saturated carbocycles. The molecule has 1 aliphatic rings. The fourth-order valence-corrected chi connectivity index (χ4v) is 1.12. The highest BCUT2D eigenvalue weighted by Gasteiger charge is 2.19. The molecule has 1 rings (SSSR count). The molecular weight excluding hydrogens is 184 g/mol. The standard InChI is InChI=1S/C10H14O4/c1-2-3-4-5-8(11)13-10-7-6-9(12)14-10/h6-7,10H,2-5H2,1H3. The van der Waals surface area contributed by atoms with Crippen LogP contribution in [-0.4, -0.2) is 18.2 Å². The minimum Gasteiger partial charge on any atom is -0.421 e. The number of carbonyl (C=O) groups excluding carboxylic acids is 2. The lowest BCUT2D eigenvalue weighted by Gasteiger charge is -2.09. The number of carbonyl (C=O) groups is 2. The van der Waals surface area contributed by atoms with Gasteiger partial charge in [-0.2, -0.15) is 0 Å². The topological polar surface area (TPSA) is 52.6 Å². The summed E-state index contributed by atoms with van der Waals surface area (Å²) >= 11 is 0. The van der Waals surface area contributed by atoms with Crippen LogP contribution in [0, 0.1) is 0 Å². The molecule has 0 aliphatic carbocycles. The van der Waals surface area contributed by atoms with Crippen molar-refractivity contribution in [3.05, 3.63) is 12.2 Å². The molecule has 0 spiro atoms. The Labute approximate surface area is 82.9 Å². The number of hydrogen-bond acceptors (Lipinski definition) is 4. The van der Waals surface area contributed by atoms with Gasteiger partial charge >= 0.3 is 11.9 Å². The van der Waals surface area contributed by atoms with Crippen LogP contribution in [-0.2, 0) is 19.1 Å². The van der Waals surface area contributed by atoms with Gasteiger partial charge in [0.1, 0.15) is 0 Å². The van der Waals surface area contributed by atoms with E-state index in [1.54, 1.807) is 0 Å². The van der Waals surface area contributed by atoms with Gasteiger partial charge in [0.2, 0.25) is 0 Å². The van der Waals surface area contributed by atoms with E-state index < -0.39 is 12.3 Å². The number of cyclic esters (lactones) is 1. The zero-order chi connectivity index (χ0) is 10.4. The first-order valence-electron chi connectivity index (χ1n) is 4.80. The molecule has 1 heterocycles. The molecule has 0 aromatic carbocycles. The van der Waals surface area contributed by atoms with Gasteiger partial charge in [0.05, 0.1) is 0 Å². The molecule has 4 nitrogen and oxygen atoms in total. The molecule has 1 unspecified atom stereocenters. The summed E-state index contributed by atoms with van der Waals surface area (Å²) in [5.74, 6) is -0.779. The van der Waals surface area contributed by atoms with E-state index in [0.29, 0.717) is 6.42 Å². The lowest BCUT2D eigenvalue weighted by molar-refractivity contribution is -0.172. The third-order valence-electron chi connectivity index (χ3n) is 1.85. The SMILES string of the molecule is CCCCCC(=O)OC1C=CC(=O)O1. The van der Waals surface area contributed by atoms with Gasteiger partial charge in [0, 0.05) is 18.6 Å². The van der Waals surface area contributed by atoms with Crippen molar-refractivity contribution in [3.8, 4) is 0 Å². The smallest absolute Gasteiger partial charge is 0.334 e. The summed E-state index contributed by atoms with van der Waals surface area (Å²) in [6.45, 7) is 2.06. The van der Waals surface area contributed by atoms with Gasteiger partial charge in [-0.25, -0.2) is 4.79 Å². The molecule has 0 saturated heterocycles. The molecule has 0 fully saturated rings. The Balaban J connectivity index is 2.14. The number of hydrogen-bond donors (Lipinski definition) is 0. The maximum atomic E-state index is 11.1. The van der Waals surface area contributed by atoms with Crippen molar-refractivity contribution in [1.82, 2.24) is 0 Å². The summed E-state index contributed by atoms with van der Waals surface area (Å²) in [5, 5.41) is 0. The molecule has 0 bridgehead atoms. The highest BCUT2D eigenvalue weighted by atomic mass is 16.7. The lowest BCUT2D eigenvalue weighted by Crippen LogP contribution is -2.17. The zero-order valence-electron chi connectivity index (χ0n) is 8.19. The second-order valence-electron chi connectivity index (χ2n) is 3.11. The molecule has 0 aromatic rings. The normalized spacial score (nSPS) is 19.5. The molecular formula is C10H14O4. The predicted octanol–water partition coefficient (Wildman–Crippen LogP) is 1.55. The fourth-order valence-electron chi connectivity index (χ4n) is 1.12. The summed E-state index contributed by atoms with van der Waals surface area (Å²) in [6, 6.07) is 0. The Morgan fingerprint density at radius 1 is 1.57 bits per heavy atom. The summed E-state index contributed by atoms with van der Waals surface area (Å²) in [7, 11) is 0. The van der Waals surface area contributed by atoms with Gasteiger partial charge in [0.25, 0.3) is 6.29 Å². The lowest BCUT2D eigenvalue weighted by atomic mass is 10.2. The maximum Gasteiger partial charge on any atom is 0.334 e. The van der Waals surface area contributed by atoms with E-state index in [1.165, 1.54) is 12.2 Å². The Kier molecular flexibility index (Phi) is 4.16. The summed E-state index contributed by atoms with van der Waals surface area (Å²) < 4.78 is 9.50. The minimum absolute atomic E-state index is 0.317. The number of esters is 2. The van der Waals surface area contributed by atoms with Crippen LogP contribution in [0.1, 0.15) is 32.6 Å². The summed E-state index contributed by atoms with van der Waals surface area (Å²) in [5.41, 5.74) is 0.